The predicted octanol–water partition coefficient (Wildman–Crippen LogP) is 5.86. The zero-order chi connectivity index (χ0) is 18.7. The maximum absolute atomic E-state index is 6.22. The molecule has 0 N–H and O–H groups in total. The summed E-state index contributed by atoms with van der Waals surface area (Å²) < 4.78 is 7.95. The fourth-order valence-electron chi connectivity index (χ4n) is 2.52. The van der Waals surface area contributed by atoms with Crippen molar-refractivity contribution >= 4 is 35.0 Å². The molecule has 3 aromatic rings. The summed E-state index contributed by atoms with van der Waals surface area (Å²) in [6.07, 6.45) is -0.271. The normalized spacial score (nSPS) is 12.2. The van der Waals surface area contributed by atoms with E-state index in [2.05, 4.69) is 10.2 Å². The number of rotatable bonds is 6. The van der Waals surface area contributed by atoms with Crippen molar-refractivity contribution in [2.75, 3.05) is 0 Å². The van der Waals surface area contributed by atoms with Gasteiger partial charge in [0, 0.05) is 17.8 Å². The molecule has 26 heavy (non-hydrogen) atoms. The van der Waals surface area contributed by atoms with E-state index in [4.69, 9.17) is 27.9 Å². The highest BCUT2D eigenvalue weighted by Gasteiger charge is 2.18. The number of hydrogen-bond donors (Lipinski definition) is 0. The minimum atomic E-state index is -0.271. The first-order valence-corrected chi connectivity index (χ1v) is 9.87. The predicted molar refractivity (Wildman–Crippen MR) is 107 cm³/mol. The molecule has 1 heterocycles. The third-order valence-corrected chi connectivity index (χ3v) is 5.52. The summed E-state index contributed by atoms with van der Waals surface area (Å²) in [6, 6.07) is 13.5. The van der Waals surface area contributed by atoms with Crippen LogP contribution in [0.15, 0.2) is 47.6 Å². The fraction of sp³-hybridized carbons (Fsp3) is 0.263. The van der Waals surface area contributed by atoms with Crippen LogP contribution in [0.4, 0.5) is 0 Å². The van der Waals surface area contributed by atoms with Gasteiger partial charge < -0.3 is 9.30 Å². The van der Waals surface area contributed by atoms with Crippen molar-refractivity contribution in [1.29, 1.82) is 0 Å². The van der Waals surface area contributed by atoms with Gasteiger partial charge in [-0.25, -0.2) is 0 Å². The molecule has 0 saturated carbocycles. The number of aryl methyl sites for hydroxylation is 1. The molecule has 0 aliphatic heterocycles. The lowest BCUT2D eigenvalue weighted by Crippen LogP contribution is -2.10. The molecule has 1 atom stereocenters. The molecule has 0 aliphatic carbocycles. The van der Waals surface area contributed by atoms with Crippen molar-refractivity contribution in [2.45, 2.75) is 30.9 Å². The van der Waals surface area contributed by atoms with Crippen LogP contribution in [0.3, 0.4) is 0 Å². The Labute approximate surface area is 167 Å². The Morgan fingerprint density at radius 3 is 2.73 bits per heavy atom. The Bertz CT molecular complexity index is 914. The van der Waals surface area contributed by atoms with Crippen LogP contribution in [0.2, 0.25) is 10.0 Å². The van der Waals surface area contributed by atoms with Gasteiger partial charge >= 0.3 is 0 Å². The third-order valence-electron chi connectivity index (χ3n) is 3.88. The number of aromatic nitrogens is 3. The van der Waals surface area contributed by atoms with E-state index in [-0.39, 0.29) is 6.10 Å². The Kier molecular flexibility index (Phi) is 6.12. The number of ether oxygens (including phenoxy) is 1. The lowest BCUT2D eigenvalue weighted by molar-refractivity contribution is 0.211. The highest BCUT2D eigenvalue weighted by Crippen LogP contribution is 2.30. The van der Waals surface area contributed by atoms with E-state index in [0.29, 0.717) is 10.8 Å². The molecule has 7 heteroatoms. The second-order valence-corrected chi connectivity index (χ2v) is 7.80. The van der Waals surface area contributed by atoms with Gasteiger partial charge in [0.1, 0.15) is 5.75 Å². The number of halogens is 2. The summed E-state index contributed by atoms with van der Waals surface area (Å²) in [5, 5.41) is 10.7. The minimum absolute atomic E-state index is 0.271. The first kappa shape index (κ1) is 19.1. The van der Waals surface area contributed by atoms with Gasteiger partial charge in [-0.15, -0.1) is 10.2 Å². The molecule has 0 aliphatic rings. The highest BCUT2D eigenvalue weighted by molar-refractivity contribution is 7.98. The van der Waals surface area contributed by atoms with Crippen molar-refractivity contribution in [3.63, 3.8) is 0 Å². The molecule has 0 spiro atoms. The van der Waals surface area contributed by atoms with E-state index < -0.39 is 0 Å². The second kappa shape index (κ2) is 8.33. The molecule has 0 saturated heterocycles. The van der Waals surface area contributed by atoms with E-state index in [9.17, 15) is 0 Å². The minimum Gasteiger partial charge on any atom is -0.481 e. The molecule has 4 nitrogen and oxygen atoms in total. The summed E-state index contributed by atoms with van der Waals surface area (Å²) in [7, 11) is 1.94. The maximum atomic E-state index is 6.22. The molecule has 3 rings (SSSR count). The Balaban J connectivity index is 1.70. The molecule has 1 aromatic heterocycles. The van der Waals surface area contributed by atoms with Gasteiger partial charge in [-0.05, 0) is 49.2 Å². The van der Waals surface area contributed by atoms with E-state index in [1.54, 1.807) is 11.8 Å². The topological polar surface area (TPSA) is 39.9 Å². The van der Waals surface area contributed by atoms with Crippen molar-refractivity contribution in [3.05, 3.63) is 69.5 Å². The standard InChI is InChI=1S/C19H19Cl2N3OS/c1-12-7-8-16(21)17(9-12)25-13(2)18-22-23-19(24(18)3)26-11-14-5-4-6-15(20)10-14/h4-10,13H,11H2,1-3H3. The molecular weight excluding hydrogens is 389 g/mol. The first-order chi connectivity index (χ1) is 12.4. The van der Waals surface area contributed by atoms with Crippen LogP contribution in [-0.2, 0) is 12.8 Å². The molecule has 0 bridgehead atoms. The lowest BCUT2D eigenvalue weighted by atomic mass is 10.2. The summed E-state index contributed by atoms with van der Waals surface area (Å²) in [6.45, 7) is 3.94. The number of nitrogens with zero attached hydrogens (tertiary/aromatic N) is 3. The van der Waals surface area contributed by atoms with Crippen molar-refractivity contribution < 1.29 is 4.74 Å². The van der Waals surface area contributed by atoms with Crippen LogP contribution < -0.4 is 4.74 Å². The molecule has 0 radical (unpaired) electrons. The van der Waals surface area contributed by atoms with Crippen LogP contribution in [0, 0.1) is 6.92 Å². The van der Waals surface area contributed by atoms with Gasteiger partial charge in [-0.1, -0.05) is 53.2 Å². The quantitative estimate of drug-likeness (QED) is 0.479. The van der Waals surface area contributed by atoms with Crippen LogP contribution in [0.1, 0.15) is 30.0 Å². The van der Waals surface area contributed by atoms with Crippen molar-refractivity contribution in [3.8, 4) is 5.75 Å². The zero-order valence-electron chi connectivity index (χ0n) is 14.7. The van der Waals surface area contributed by atoms with Crippen molar-refractivity contribution in [2.24, 2.45) is 7.05 Å². The van der Waals surface area contributed by atoms with E-state index in [1.165, 1.54) is 0 Å². The van der Waals surface area contributed by atoms with E-state index in [0.717, 1.165) is 32.9 Å². The molecule has 2 aromatic carbocycles. The van der Waals surface area contributed by atoms with E-state index >= 15 is 0 Å². The van der Waals surface area contributed by atoms with Crippen LogP contribution >= 0.6 is 35.0 Å². The fourth-order valence-corrected chi connectivity index (χ4v) is 3.76. The molecule has 1 unspecified atom stereocenters. The van der Waals surface area contributed by atoms with Crippen molar-refractivity contribution in [1.82, 2.24) is 14.8 Å². The Morgan fingerprint density at radius 1 is 1.15 bits per heavy atom. The average Bonchev–Trinajstić information content (AvgIpc) is 2.97. The Morgan fingerprint density at radius 2 is 1.96 bits per heavy atom. The molecule has 136 valence electrons. The number of hydrogen-bond acceptors (Lipinski definition) is 4. The average molecular weight is 408 g/mol. The smallest absolute Gasteiger partial charge is 0.191 e. The summed E-state index contributed by atoms with van der Waals surface area (Å²) in [5.41, 5.74) is 2.23. The summed E-state index contributed by atoms with van der Waals surface area (Å²) >= 11 is 13.9. The van der Waals surface area contributed by atoms with Gasteiger partial charge in [-0.2, -0.15) is 0 Å². The molecule has 0 amide bonds. The van der Waals surface area contributed by atoms with Gasteiger partial charge in [0.2, 0.25) is 0 Å². The number of benzene rings is 2. The van der Waals surface area contributed by atoms with Crippen LogP contribution in [-0.4, -0.2) is 14.8 Å². The second-order valence-electron chi connectivity index (χ2n) is 6.01. The molecular formula is C19H19Cl2N3OS. The van der Waals surface area contributed by atoms with Crippen LogP contribution in [0.25, 0.3) is 0 Å². The Hall–Kier alpha value is -1.69. The highest BCUT2D eigenvalue weighted by atomic mass is 35.5. The first-order valence-electron chi connectivity index (χ1n) is 8.13. The van der Waals surface area contributed by atoms with E-state index in [1.807, 2.05) is 67.9 Å². The number of thioether (sulfide) groups is 1. The lowest BCUT2D eigenvalue weighted by Gasteiger charge is -2.15. The third kappa shape index (κ3) is 4.53. The summed E-state index contributed by atoms with van der Waals surface area (Å²) in [4.78, 5) is 0. The largest absolute Gasteiger partial charge is 0.481 e. The van der Waals surface area contributed by atoms with Gasteiger partial charge in [0.15, 0.2) is 17.1 Å². The SMILES string of the molecule is Cc1ccc(Cl)c(OC(C)c2nnc(SCc3cccc(Cl)c3)n2C)c1. The zero-order valence-corrected chi connectivity index (χ0v) is 17.1. The van der Waals surface area contributed by atoms with Crippen LogP contribution in [0.5, 0.6) is 5.75 Å². The van der Waals surface area contributed by atoms with Gasteiger partial charge in [0.05, 0.1) is 5.02 Å². The van der Waals surface area contributed by atoms with Gasteiger partial charge in [0.25, 0.3) is 0 Å². The maximum Gasteiger partial charge on any atom is 0.191 e. The monoisotopic (exact) mass is 407 g/mol. The summed E-state index contributed by atoms with van der Waals surface area (Å²) in [5.74, 6) is 2.16. The van der Waals surface area contributed by atoms with Gasteiger partial charge in [-0.3, -0.25) is 0 Å². The molecule has 0 fully saturated rings.